The van der Waals surface area contributed by atoms with Crippen molar-refractivity contribution in [2.24, 2.45) is 0 Å². The zero-order chi connectivity index (χ0) is 23.8. The number of benzene rings is 3. The van der Waals surface area contributed by atoms with E-state index >= 15 is 0 Å². The predicted octanol–water partition coefficient (Wildman–Crippen LogP) is 6.06. The van der Waals surface area contributed by atoms with Gasteiger partial charge in [-0.1, -0.05) is 18.2 Å². The minimum absolute atomic E-state index is 0.358. The lowest BCUT2D eigenvalue weighted by molar-refractivity contribution is -0.137. The van der Waals surface area contributed by atoms with Gasteiger partial charge in [-0.25, -0.2) is 14.4 Å². The van der Waals surface area contributed by atoms with Crippen LogP contribution >= 0.6 is 0 Å². The molecule has 9 heteroatoms. The van der Waals surface area contributed by atoms with E-state index in [1.54, 1.807) is 32.3 Å². The quantitative estimate of drug-likeness (QED) is 0.368. The van der Waals surface area contributed by atoms with Crippen molar-refractivity contribution in [2.45, 2.75) is 13.1 Å². The summed E-state index contributed by atoms with van der Waals surface area (Å²) in [5.41, 5.74) is 1.62. The second-order valence-electron chi connectivity index (χ2n) is 7.34. The van der Waals surface area contributed by atoms with Gasteiger partial charge >= 0.3 is 6.18 Å². The van der Waals surface area contributed by atoms with Crippen LogP contribution in [-0.4, -0.2) is 22.9 Å². The molecule has 33 heavy (non-hydrogen) atoms. The van der Waals surface area contributed by atoms with Gasteiger partial charge in [0.2, 0.25) is 5.95 Å². The van der Waals surface area contributed by atoms with Gasteiger partial charge in [-0.05, 0) is 60.0 Å². The molecule has 5 nitrogen and oxygen atoms in total. The number of aromatic nitrogens is 2. The van der Waals surface area contributed by atoms with Crippen molar-refractivity contribution in [1.82, 2.24) is 9.97 Å². The number of carbonyl (C=O) groups excluding carboxylic acids is 1. The highest BCUT2D eigenvalue weighted by Crippen LogP contribution is 2.32. The van der Waals surface area contributed by atoms with Crippen molar-refractivity contribution in [1.29, 1.82) is 0 Å². The lowest BCUT2D eigenvalue weighted by Crippen LogP contribution is -2.16. The Labute approximate surface area is 186 Å². The Morgan fingerprint density at radius 3 is 2.55 bits per heavy atom. The van der Waals surface area contributed by atoms with Crippen LogP contribution in [0.4, 0.5) is 29.2 Å². The Bertz CT molecular complexity index is 1370. The number of alkyl halides is 3. The Kier molecular flexibility index (Phi) is 5.71. The van der Waals surface area contributed by atoms with Crippen LogP contribution in [0.25, 0.3) is 22.0 Å². The maximum Gasteiger partial charge on any atom is 0.416 e. The SMILES string of the molecule is CNc1ncc2cc(-c3cccc(NC(=O)c4cc(C(F)(F)F)ccc4F)c3C)ccc2n1. The molecule has 3 aromatic carbocycles. The van der Waals surface area contributed by atoms with Crippen LogP contribution in [0.2, 0.25) is 0 Å². The maximum absolute atomic E-state index is 14.1. The second kappa shape index (κ2) is 8.50. The zero-order valence-corrected chi connectivity index (χ0v) is 17.6. The minimum atomic E-state index is -4.69. The summed E-state index contributed by atoms with van der Waals surface area (Å²) in [5, 5.41) is 6.22. The van der Waals surface area contributed by atoms with Crippen molar-refractivity contribution < 1.29 is 22.4 Å². The molecular weight excluding hydrogens is 436 g/mol. The van der Waals surface area contributed by atoms with E-state index in [-0.39, 0.29) is 0 Å². The number of hydrogen-bond acceptors (Lipinski definition) is 4. The molecular formula is C24H18F4N4O. The van der Waals surface area contributed by atoms with Crippen LogP contribution in [0.15, 0.2) is 60.8 Å². The van der Waals surface area contributed by atoms with E-state index in [1.165, 1.54) is 0 Å². The van der Waals surface area contributed by atoms with Gasteiger partial charge in [-0.3, -0.25) is 4.79 Å². The van der Waals surface area contributed by atoms with E-state index in [0.717, 1.165) is 22.0 Å². The van der Waals surface area contributed by atoms with E-state index in [4.69, 9.17) is 0 Å². The normalized spacial score (nSPS) is 11.5. The third-order valence-corrected chi connectivity index (χ3v) is 5.23. The summed E-state index contributed by atoms with van der Waals surface area (Å²) in [6.45, 7) is 1.76. The molecule has 4 rings (SSSR count). The first-order chi connectivity index (χ1) is 15.7. The van der Waals surface area contributed by atoms with Crippen molar-refractivity contribution >= 4 is 28.4 Å². The molecule has 1 heterocycles. The maximum atomic E-state index is 14.1. The first-order valence-corrected chi connectivity index (χ1v) is 9.90. The molecule has 1 amide bonds. The fourth-order valence-electron chi connectivity index (χ4n) is 3.47. The molecule has 0 aliphatic heterocycles. The molecule has 2 N–H and O–H groups in total. The summed E-state index contributed by atoms with van der Waals surface area (Å²) in [4.78, 5) is 21.2. The van der Waals surface area contributed by atoms with Gasteiger partial charge in [0, 0.05) is 24.3 Å². The number of nitrogens with one attached hydrogen (secondary N) is 2. The fraction of sp³-hybridized carbons (Fsp3) is 0.125. The van der Waals surface area contributed by atoms with Gasteiger partial charge < -0.3 is 10.6 Å². The van der Waals surface area contributed by atoms with E-state index in [0.29, 0.717) is 35.4 Å². The van der Waals surface area contributed by atoms with E-state index in [9.17, 15) is 22.4 Å². The van der Waals surface area contributed by atoms with Crippen molar-refractivity contribution in [3.8, 4) is 11.1 Å². The molecule has 168 valence electrons. The predicted molar refractivity (Wildman–Crippen MR) is 119 cm³/mol. The number of rotatable bonds is 4. The number of halogens is 4. The average molecular weight is 454 g/mol. The van der Waals surface area contributed by atoms with E-state index in [1.807, 2.05) is 24.3 Å². The third kappa shape index (κ3) is 4.48. The zero-order valence-electron chi connectivity index (χ0n) is 17.6. The topological polar surface area (TPSA) is 66.9 Å². The Balaban J connectivity index is 1.67. The second-order valence-corrected chi connectivity index (χ2v) is 7.34. The highest BCUT2D eigenvalue weighted by atomic mass is 19.4. The summed E-state index contributed by atoms with van der Waals surface area (Å²) in [5.74, 6) is -1.51. The molecule has 0 radical (unpaired) electrons. The van der Waals surface area contributed by atoms with Crippen molar-refractivity contribution in [2.75, 3.05) is 17.7 Å². The van der Waals surface area contributed by atoms with Crippen LogP contribution < -0.4 is 10.6 Å². The lowest BCUT2D eigenvalue weighted by Gasteiger charge is -2.14. The van der Waals surface area contributed by atoms with Crippen molar-refractivity contribution in [3.63, 3.8) is 0 Å². The van der Waals surface area contributed by atoms with E-state index in [2.05, 4.69) is 20.6 Å². The first-order valence-electron chi connectivity index (χ1n) is 9.90. The highest BCUT2D eigenvalue weighted by Gasteiger charge is 2.32. The fourth-order valence-corrected chi connectivity index (χ4v) is 3.47. The molecule has 0 saturated carbocycles. The molecule has 0 aliphatic rings. The number of fused-ring (bicyclic) bond motifs is 1. The number of carbonyl (C=O) groups is 1. The van der Waals surface area contributed by atoms with Gasteiger partial charge in [-0.2, -0.15) is 13.2 Å². The first kappa shape index (κ1) is 22.2. The molecule has 0 unspecified atom stereocenters. The average Bonchev–Trinajstić information content (AvgIpc) is 2.79. The largest absolute Gasteiger partial charge is 0.416 e. The molecule has 0 atom stereocenters. The van der Waals surface area contributed by atoms with Crippen LogP contribution in [-0.2, 0) is 6.18 Å². The van der Waals surface area contributed by atoms with E-state index < -0.39 is 29.0 Å². The summed E-state index contributed by atoms with van der Waals surface area (Å²) < 4.78 is 53.1. The Morgan fingerprint density at radius 2 is 1.82 bits per heavy atom. The number of amides is 1. The summed E-state index contributed by atoms with van der Waals surface area (Å²) >= 11 is 0. The number of anilines is 2. The number of hydrogen-bond donors (Lipinski definition) is 2. The van der Waals surface area contributed by atoms with Gasteiger partial charge in [0.15, 0.2) is 0 Å². The van der Waals surface area contributed by atoms with Crippen LogP contribution in [0.3, 0.4) is 0 Å². The highest BCUT2D eigenvalue weighted by molar-refractivity contribution is 6.05. The van der Waals surface area contributed by atoms with Crippen LogP contribution in [0, 0.1) is 12.7 Å². The van der Waals surface area contributed by atoms with Gasteiger partial charge in [0.25, 0.3) is 5.91 Å². The molecule has 4 aromatic rings. The summed E-state index contributed by atoms with van der Waals surface area (Å²) in [6.07, 6.45) is -3.00. The van der Waals surface area contributed by atoms with Gasteiger partial charge in [0.05, 0.1) is 16.6 Å². The smallest absolute Gasteiger partial charge is 0.357 e. The standard InChI is InChI=1S/C24H18F4N4O/c1-13-17(14-6-9-21-15(10-14)12-30-23(29-2)32-21)4-3-5-20(13)31-22(33)18-11-16(24(26,27)28)7-8-19(18)25/h3-12H,1-2H3,(H,31,33)(H,29,30,32). The molecule has 0 fully saturated rings. The molecule has 0 bridgehead atoms. The monoisotopic (exact) mass is 454 g/mol. The van der Waals surface area contributed by atoms with Gasteiger partial charge in [-0.15, -0.1) is 0 Å². The molecule has 0 aliphatic carbocycles. The Morgan fingerprint density at radius 1 is 1.03 bits per heavy atom. The van der Waals surface area contributed by atoms with Gasteiger partial charge in [0.1, 0.15) is 5.82 Å². The van der Waals surface area contributed by atoms with Crippen LogP contribution in [0.5, 0.6) is 0 Å². The van der Waals surface area contributed by atoms with Crippen LogP contribution in [0.1, 0.15) is 21.5 Å². The molecule has 0 saturated heterocycles. The lowest BCUT2D eigenvalue weighted by atomic mass is 9.98. The molecule has 0 spiro atoms. The van der Waals surface area contributed by atoms with Crippen molar-refractivity contribution in [3.05, 3.63) is 83.3 Å². The Hall–Kier alpha value is -4.01. The number of nitrogens with zero attached hydrogens (tertiary/aromatic N) is 2. The molecule has 1 aromatic heterocycles. The summed E-state index contributed by atoms with van der Waals surface area (Å²) in [7, 11) is 1.73. The minimum Gasteiger partial charge on any atom is -0.357 e. The summed E-state index contributed by atoms with van der Waals surface area (Å²) in [6, 6.07) is 12.5. The third-order valence-electron chi connectivity index (χ3n) is 5.23.